The molecular weight excluding hydrogens is 395 g/mol. The van der Waals surface area contributed by atoms with E-state index >= 15 is 0 Å². The lowest BCUT2D eigenvalue weighted by molar-refractivity contribution is 0.0944. The van der Waals surface area contributed by atoms with Gasteiger partial charge in [0.25, 0.3) is 5.91 Å². The van der Waals surface area contributed by atoms with Crippen LogP contribution in [0, 0.1) is 3.57 Å². The van der Waals surface area contributed by atoms with E-state index in [4.69, 9.17) is 9.47 Å². The molecule has 6 heteroatoms. The van der Waals surface area contributed by atoms with Crippen LogP contribution in [0.15, 0.2) is 12.1 Å². The van der Waals surface area contributed by atoms with Gasteiger partial charge in [-0.3, -0.25) is 9.69 Å². The van der Waals surface area contributed by atoms with Crippen LogP contribution in [0.25, 0.3) is 0 Å². The van der Waals surface area contributed by atoms with E-state index in [-0.39, 0.29) is 5.91 Å². The van der Waals surface area contributed by atoms with Crippen molar-refractivity contribution in [2.75, 3.05) is 33.9 Å². The van der Waals surface area contributed by atoms with Gasteiger partial charge in [-0.25, -0.2) is 0 Å². The van der Waals surface area contributed by atoms with Gasteiger partial charge in [0.2, 0.25) is 0 Å². The average Bonchev–Trinajstić information content (AvgIpc) is 2.50. The maximum absolute atomic E-state index is 12.3. The van der Waals surface area contributed by atoms with Crippen LogP contribution in [0.1, 0.15) is 31.1 Å². The monoisotopic (exact) mass is 420 g/mol. The fourth-order valence-electron chi connectivity index (χ4n) is 2.22. The lowest BCUT2D eigenvalue weighted by Gasteiger charge is -2.24. The molecular formula is C16H25IN2O3. The van der Waals surface area contributed by atoms with Crippen LogP contribution in [-0.4, -0.2) is 50.7 Å². The summed E-state index contributed by atoms with van der Waals surface area (Å²) in [6, 6.07) is 4.00. The Morgan fingerprint density at radius 1 is 1.27 bits per heavy atom. The molecule has 0 heterocycles. The van der Waals surface area contributed by atoms with Gasteiger partial charge in [-0.1, -0.05) is 6.92 Å². The highest BCUT2D eigenvalue weighted by atomic mass is 127. The summed E-state index contributed by atoms with van der Waals surface area (Å²) in [5.41, 5.74) is 0.603. The maximum Gasteiger partial charge on any atom is 0.252 e. The van der Waals surface area contributed by atoms with Crippen LogP contribution < -0.4 is 14.8 Å². The van der Waals surface area contributed by atoms with Crippen LogP contribution >= 0.6 is 22.6 Å². The van der Waals surface area contributed by atoms with E-state index < -0.39 is 0 Å². The number of nitrogens with zero attached hydrogens (tertiary/aromatic N) is 1. The number of likely N-dealkylation sites (N-methyl/N-ethyl adjacent to an activating group) is 1. The zero-order chi connectivity index (χ0) is 16.7. The van der Waals surface area contributed by atoms with Crippen LogP contribution in [0.4, 0.5) is 0 Å². The molecule has 1 N–H and O–H groups in total. The second-order valence-electron chi connectivity index (χ2n) is 5.17. The number of methoxy groups -OCH3 is 2. The van der Waals surface area contributed by atoms with Crippen LogP contribution in [-0.2, 0) is 0 Å². The number of rotatable bonds is 8. The Hall–Kier alpha value is -1.02. The summed E-state index contributed by atoms with van der Waals surface area (Å²) in [6.07, 6.45) is 0. The molecule has 1 aromatic carbocycles. The topological polar surface area (TPSA) is 50.8 Å². The SMILES string of the molecule is CCN(CCNC(=O)c1cc(OC)c(OC)cc1I)C(C)C. The number of nitrogens with one attached hydrogen (secondary N) is 1. The maximum atomic E-state index is 12.3. The number of hydrogen-bond donors (Lipinski definition) is 1. The van der Waals surface area contributed by atoms with Gasteiger partial charge in [-0.15, -0.1) is 0 Å². The fraction of sp³-hybridized carbons (Fsp3) is 0.562. The quantitative estimate of drug-likeness (QED) is 0.658. The third-order valence-electron chi connectivity index (χ3n) is 3.54. The summed E-state index contributed by atoms with van der Waals surface area (Å²) in [6.45, 7) is 8.87. The highest BCUT2D eigenvalue weighted by Crippen LogP contribution is 2.31. The van der Waals surface area contributed by atoms with Gasteiger partial charge in [0.1, 0.15) is 0 Å². The minimum absolute atomic E-state index is 0.0924. The summed E-state index contributed by atoms with van der Waals surface area (Å²) in [5, 5.41) is 2.97. The van der Waals surface area contributed by atoms with E-state index in [1.54, 1.807) is 26.4 Å². The number of halogens is 1. The van der Waals surface area contributed by atoms with Crippen molar-refractivity contribution in [3.63, 3.8) is 0 Å². The molecule has 1 amide bonds. The van der Waals surface area contributed by atoms with Gasteiger partial charge < -0.3 is 14.8 Å². The van der Waals surface area contributed by atoms with E-state index in [0.717, 1.165) is 16.7 Å². The second-order valence-corrected chi connectivity index (χ2v) is 6.33. The molecule has 0 saturated carbocycles. The van der Waals surface area contributed by atoms with Gasteiger partial charge in [-0.2, -0.15) is 0 Å². The van der Waals surface area contributed by atoms with Gasteiger partial charge >= 0.3 is 0 Å². The zero-order valence-electron chi connectivity index (χ0n) is 13.9. The van der Waals surface area contributed by atoms with Crippen molar-refractivity contribution in [2.24, 2.45) is 0 Å². The Kier molecular flexibility index (Phi) is 7.95. The standard InChI is InChI=1S/C16H25IN2O3/c1-6-19(11(2)3)8-7-18-16(20)12-9-14(21-4)15(22-5)10-13(12)17/h9-11H,6-8H2,1-5H3,(H,18,20). The minimum Gasteiger partial charge on any atom is -0.493 e. The molecule has 1 aromatic rings. The molecule has 0 bridgehead atoms. The van der Waals surface area contributed by atoms with Gasteiger partial charge in [0, 0.05) is 22.7 Å². The van der Waals surface area contributed by atoms with Crippen molar-refractivity contribution in [3.8, 4) is 11.5 Å². The van der Waals surface area contributed by atoms with Crippen molar-refractivity contribution in [1.82, 2.24) is 10.2 Å². The fourth-order valence-corrected chi connectivity index (χ4v) is 2.90. The first-order valence-corrected chi connectivity index (χ1v) is 8.46. The first-order chi connectivity index (χ1) is 10.4. The predicted molar refractivity (Wildman–Crippen MR) is 97.0 cm³/mol. The lowest BCUT2D eigenvalue weighted by atomic mass is 10.2. The molecule has 0 spiro atoms. The van der Waals surface area contributed by atoms with Crippen LogP contribution in [0.5, 0.6) is 11.5 Å². The molecule has 0 fully saturated rings. The number of amides is 1. The van der Waals surface area contributed by atoms with E-state index in [1.807, 2.05) is 0 Å². The lowest BCUT2D eigenvalue weighted by Crippen LogP contribution is -2.38. The molecule has 0 aliphatic carbocycles. The van der Waals surface area contributed by atoms with Crippen LogP contribution in [0.2, 0.25) is 0 Å². The predicted octanol–water partition coefficient (Wildman–Crippen LogP) is 2.77. The van der Waals surface area contributed by atoms with Crippen molar-refractivity contribution < 1.29 is 14.3 Å². The molecule has 0 unspecified atom stereocenters. The van der Waals surface area contributed by atoms with Gasteiger partial charge in [-0.05, 0) is 55.1 Å². The number of hydrogen-bond acceptors (Lipinski definition) is 4. The normalized spacial score (nSPS) is 10.9. The third-order valence-corrected chi connectivity index (χ3v) is 4.43. The third kappa shape index (κ3) is 5.01. The summed E-state index contributed by atoms with van der Waals surface area (Å²) in [4.78, 5) is 14.6. The number of ether oxygens (including phenoxy) is 2. The summed E-state index contributed by atoms with van der Waals surface area (Å²) >= 11 is 2.13. The largest absolute Gasteiger partial charge is 0.493 e. The Morgan fingerprint density at radius 3 is 2.36 bits per heavy atom. The second kappa shape index (κ2) is 9.19. The molecule has 0 saturated heterocycles. The first-order valence-electron chi connectivity index (χ1n) is 7.38. The van der Waals surface area contributed by atoms with Crippen molar-refractivity contribution in [3.05, 3.63) is 21.3 Å². The molecule has 5 nitrogen and oxygen atoms in total. The van der Waals surface area contributed by atoms with Crippen molar-refractivity contribution >= 4 is 28.5 Å². The molecule has 0 aliphatic rings. The Labute approximate surface area is 146 Å². The molecule has 1 rings (SSSR count). The van der Waals surface area contributed by atoms with E-state index in [9.17, 15) is 4.79 Å². The summed E-state index contributed by atoms with van der Waals surface area (Å²) < 4.78 is 11.3. The molecule has 22 heavy (non-hydrogen) atoms. The molecule has 0 aliphatic heterocycles. The zero-order valence-corrected chi connectivity index (χ0v) is 16.1. The van der Waals surface area contributed by atoms with E-state index in [2.05, 4.69) is 53.6 Å². The molecule has 124 valence electrons. The molecule has 0 radical (unpaired) electrons. The smallest absolute Gasteiger partial charge is 0.252 e. The van der Waals surface area contributed by atoms with E-state index in [0.29, 0.717) is 29.6 Å². The Balaban J connectivity index is 2.73. The number of carbonyl (C=O) groups is 1. The first kappa shape index (κ1) is 19.0. The highest BCUT2D eigenvalue weighted by Gasteiger charge is 2.15. The van der Waals surface area contributed by atoms with E-state index in [1.165, 1.54) is 0 Å². The summed E-state index contributed by atoms with van der Waals surface area (Å²) in [7, 11) is 3.15. The molecule has 0 atom stereocenters. The van der Waals surface area contributed by atoms with Crippen molar-refractivity contribution in [1.29, 1.82) is 0 Å². The minimum atomic E-state index is -0.0924. The highest BCUT2D eigenvalue weighted by molar-refractivity contribution is 14.1. The molecule has 0 aromatic heterocycles. The van der Waals surface area contributed by atoms with Gasteiger partial charge in [0.05, 0.1) is 19.8 Å². The number of carbonyl (C=O) groups excluding carboxylic acids is 1. The summed E-state index contributed by atoms with van der Waals surface area (Å²) in [5.74, 6) is 1.09. The van der Waals surface area contributed by atoms with Gasteiger partial charge in [0.15, 0.2) is 11.5 Å². The van der Waals surface area contributed by atoms with Crippen LogP contribution in [0.3, 0.4) is 0 Å². The Morgan fingerprint density at radius 2 is 1.86 bits per heavy atom. The average molecular weight is 420 g/mol. The van der Waals surface area contributed by atoms with Crippen molar-refractivity contribution in [2.45, 2.75) is 26.8 Å². The Bertz CT molecular complexity index is 506. The number of benzene rings is 1.